The highest BCUT2D eigenvalue weighted by Crippen LogP contribution is 2.24. The van der Waals surface area contributed by atoms with Crippen molar-refractivity contribution in [3.8, 4) is 0 Å². The molecule has 0 aliphatic heterocycles. The molecule has 0 aromatic heterocycles. The molecule has 0 fully saturated rings. The van der Waals surface area contributed by atoms with Crippen molar-refractivity contribution in [3.05, 3.63) is 24.0 Å². The molecule has 0 amide bonds. The van der Waals surface area contributed by atoms with Crippen LogP contribution in [-0.2, 0) is 9.47 Å². The van der Waals surface area contributed by atoms with Crippen molar-refractivity contribution in [1.29, 1.82) is 0 Å². The lowest BCUT2D eigenvalue weighted by Gasteiger charge is -2.28. The zero-order chi connectivity index (χ0) is 8.32. The SMILES string of the molecule is COC1(OC)C=C(O)C=CC1. The summed E-state index contributed by atoms with van der Waals surface area (Å²) in [6, 6.07) is 0. The van der Waals surface area contributed by atoms with Crippen molar-refractivity contribution >= 4 is 0 Å². The summed E-state index contributed by atoms with van der Waals surface area (Å²) in [5, 5.41) is 9.12. The van der Waals surface area contributed by atoms with Crippen LogP contribution in [-0.4, -0.2) is 25.1 Å². The summed E-state index contributed by atoms with van der Waals surface area (Å²) in [7, 11) is 3.10. The Bertz CT molecular complexity index is 190. The number of methoxy groups -OCH3 is 2. The van der Waals surface area contributed by atoms with Crippen LogP contribution in [0.1, 0.15) is 6.42 Å². The van der Waals surface area contributed by atoms with Gasteiger partial charge in [-0.05, 0) is 6.08 Å². The van der Waals surface area contributed by atoms with Gasteiger partial charge < -0.3 is 14.6 Å². The third-order valence-electron chi connectivity index (χ3n) is 1.75. The molecular weight excluding hydrogens is 144 g/mol. The fourth-order valence-electron chi connectivity index (χ4n) is 1.04. The van der Waals surface area contributed by atoms with E-state index in [1.54, 1.807) is 26.4 Å². The van der Waals surface area contributed by atoms with Crippen LogP contribution in [0.5, 0.6) is 0 Å². The Hall–Kier alpha value is -0.800. The van der Waals surface area contributed by atoms with Gasteiger partial charge in [0.2, 0.25) is 0 Å². The van der Waals surface area contributed by atoms with Gasteiger partial charge in [0.15, 0.2) is 5.79 Å². The summed E-state index contributed by atoms with van der Waals surface area (Å²) < 4.78 is 10.2. The highest BCUT2D eigenvalue weighted by molar-refractivity contribution is 5.20. The second-order valence-corrected chi connectivity index (χ2v) is 2.40. The standard InChI is InChI=1S/C8H12O3/c1-10-8(11-2)5-3-4-7(9)6-8/h3-4,6,9H,5H2,1-2H3. The first-order valence-electron chi connectivity index (χ1n) is 3.41. The fourth-order valence-corrected chi connectivity index (χ4v) is 1.04. The third-order valence-corrected chi connectivity index (χ3v) is 1.75. The lowest BCUT2D eigenvalue weighted by Crippen LogP contribution is -2.32. The van der Waals surface area contributed by atoms with E-state index < -0.39 is 5.79 Å². The normalized spacial score (nSPS) is 21.5. The van der Waals surface area contributed by atoms with Crippen LogP contribution in [0.2, 0.25) is 0 Å². The first-order valence-corrected chi connectivity index (χ1v) is 3.41. The molecule has 0 aromatic rings. The molecule has 11 heavy (non-hydrogen) atoms. The van der Waals surface area contributed by atoms with Crippen molar-refractivity contribution in [2.45, 2.75) is 12.2 Å². The van der Waals surface area contributed by atoms with Crippen LogP contribution in [0.15, 0.2) is 24.0 Å². The minimum Gasteiger partial charge on any atom is -0.508 e. The Morgan fingerprint density at radius 3 is 2.45 bits per heavy atom. The molecule has 1 aliphatic rings. The summed E-state index contributed by atoms with van der Waals surface area (Å²) >= 11 is 0. The first-order chi connectivity index (χ1) is 5.22. The predicted molar refractivity (Wildman–Crippen MR) is 41.2 cm³/mol. The molecule has 0 spiro atoms. The van der Waals surface area contributed by atoms with Gasteiger partial charge in [-0.3, -0.25) is 0 Å². The van der Waals surface area contributed by atoms with Crippen LogP contribution in [0, 0.1) is 0 Å². The third kappa shape index (κ3) is 1.61. The molecule has 3 nitrogen and oxygen atoms in total. The van der Waals surface area contributed by atoms with E-state index in [1.165, 1.54) is 0 Å². The van der Waals surface area contributed by atoms with Crippen LogP contribution in [0.25, 0.3) is 0 Å². The minimum atomic E-state index is -0.765. The molecule has 0 aromatic carbocycles. The zero-order valence-electron chi connectivity index (χ0n) is 6.70. The molecule has 1 N–H and O–H groups in total. The lowest BCUT2D eigenvalue weighted by atomic mass is 10.1. The van der Waals surface area contributed by atoms with Gasteiger partial charge in [-0.15, -0.1) is 0 Å². The number of aliphatic hydroxyl groups excluding tert-OH is 1. The Morgan fingerprint density at radius 2 is 2.09 bits per heavy atom. The van der Waals surface area contributed by atoms with Gasteiger partial charge in [0.05, 0.1) is 0 Å². The van der Waals surface area contributed by atoms with Gasteiger partial charge in [-0.25, -0.2) is 0 Å². The molecule has 0 atom stereocenters. The largest absolute Gasteiger partial charge is 0.508 e. The second kappa shape index (κ2) is 3.07. The summed E-state index contributed by atoms with van der Waals surface area (Å²) in [4.78, 5) is 0. The molecule has 1 aliphatic carbocycles. The molecule has 62 valence electrons. The maximum absolute atomic E-state index is 9.12. The van der Waals surface area contributed by atoms with E-state index in [1.807, 2.05) is 6.08 Å². The molecule has 1 rings (SSSR count). The summed E-state index contributed by atoms with van der Waals surface area (Å²) in [5.74, 6) is -0.585. The monoisotopic (exact) mass is 156 g/mol. The Kier molecular flexibility index (Phi) is 2.31. The molecule has 0 radical (unpaired) electrons. The summed E-state index contributed by atoms with van der Waals surface area (Å²) in [6.07, 6.45) is 5.61. The summed E-state index contributed by atoms with van der Waals surface area (Å²) in [5.41, 5.74) is 0. The Labute approximate surface area is 65.9 Å². The van der Waals surface area contributed by atoms with Crippen LogP contribution in [0.4, 0.5) is 0 Å². The van der Waals surface area contributed by atoms with Gasteiger partial charge in [0, 0.05) is 26.7 Å². The van der Waals surface area contributed by atoms with Crippen molar-refractivity contribution in [2.24, 2.45) is 0 Å². The van der Waals surface area contributed by atoms with Crippen molar-refractivity contribution in [1.82, 2.24) is 0 Å². The first kappa shape index (κ1) is 8.30. The minimum absolute atomic E-state index is 0.181. The average molecular weight is 156 g/mol. The maximum Gasteiger partial charge on any atom is 0.194 e. The van der Waals surface area contributed by atoms with Crippen molar-refractivity contribution in [2.75, 3.05) is 14.2 Å². The van der Waals surface area contributed by atoms with E-state index in [4.69, 9.17) is 14.6 Å². The molecule has 0 saturated carbocycles. The Morgan fingerprint density at radius 1 is 1.45 bits per heavy atom. The number of hydrogen-bond donors (Lipinski definition) is 1. The molecule has 0 saturated heterocycles. The van der Waals surface area contributed by atoms with Gasteiger partial charge in [0.25, 0.3) is 0 Å². The van der Waals surface area contributed by atoms with Crippen LogP contribution >= 0.6 is 0 Å². The smallest absolute Gasteiger partial charge is 0.194 e. The molecule has 0 unspecified atom stereocenters. The Balaban J connectivity index is 2.80. The van der Waals surface area contributed by atoms with E-state index in [-0.39, 0.29) is 5.76 Å². The van der Waals surface area contributed by atoms with E-state index in [9.17, 15) is 0 Å². The van der Waals surface area contributed by atoms with E-state index in [0.29, 0.717) is 6.42 Å². The number of ether oxygens (including phenoxy) is 2. The number of aliphatic hydroxyl groups is 1. The van der Waals surface area contributed by atoms with Gasteiger partial charge in [-0.1, -0.05) is 6.08 Å². The lowest BCUT2D eigenvalue weighted by molar-refractivity contribution is -0.169. The van der Waals surface area contributed by atoms with Gasteiger partial charge in [-0.2, -0.15) is 0 Å². The average Bonchev–Trinajstić information content (AvgIpc) is 2.04. The van der Waals surface area contributed by atoms with Gasteiger partial charge >= 0.3 is 0 Å². The van der Waals surface area contributed by atoms with Crippen molar-refractivity contribution < 1.29 is 14.6 Å². The van der Waals surface area contributed by atoms with Crippen LogP contribution < -0.4 is 0 Å². The predicted octanol–water partition coefficient (Wildman–Crippen LogP) is 1.38. The molecular formula is C8H12O3. The number of allylic oxidation sites excluding steroid dienone is 1. The highest BCUT2D eigenvalue weighted by atomic mass is 16.7. The van der Waals surface area contributed by atoms with E-state index >= 15 is 0 Å². The number of hydrogen-bond acceptors (Lipinski definition) is 3. The van der Waals surface area contributed by atoms with E-state index in [0.717, 1.165) is 0 Å². The molecule has 3 heteroatoms. The number of rotatable bonds is 2. The fraction of sp³-hybridized carbons (Fsp3) is 0.500. The maximum atomic E-state index is 9.12. The topological polar surface area (TPSA) is 38.7 Å². The quantitative estimate of drug-likeness (QED) is 0.614. The second-order valence-electron chi connectivity index (χ2n) is 2.40. The van der Waals surface area contributed by atoms with Crippen LogP contribution in [0.3, 0.4) is 0 Å². The summed E-state index contributed by atoms with van der Waals surface area (Å²) in [6.45, 7) is 0. The zero-order valence-corrected chi connectivity index (χ0v) is 6.70. The van der Waals surface area contributed by atoms with Gasteiger partial charge in [0.1, 0.15) is 5.76 Å². The van der Waals surface area contributed by atoms with E-state index in [2.05, 4.69) is 0 Å². The molecule has 0 heterocycles. The highest BCUT2D eigenvalue weighted by Gasteiger charge is 2.27. The molecule has 0 bridgehead atoms. The van der Waals surface area contributed by atoms with Crippen molar-refractivity contribution in [3.63, 3.8) is 0 Å².